The molecule has 2 amide bonds. The van der Waals surface area contributed by atoms with E-state index < -0.39 is 17.8 Å². The van der Waals surface area contributed by atoms with Crippen molar-refractivity contribution >= 4 is 17.8 Å². The number of likely N-dealkylation sites (N-methyl/N-ethyl adjacent to an activating group) is 1. The number of hydrogen-bond acceptors (Lipinski definition) is 3. The fraction of sp³-hybridized carbons (Fsp3) is 0.727. The lowest BCUT2D eigenvalue weighted by molar-refractivity contribution is -0.139. The predicted molar refractivity (Wildman–Crippen MR) is 64.5 cm³/mol. The molecule has 0 bridgehead atoms. The average molecular weight is 246 g/mol. The quantitative estimate of drug-likeness (QED) is 0.493. The van der Waals surface area contributed by atoms with Gasteiger partial charge in [-0.05, 0) is 12.3 Å². The van der Waals surface area contributed by atoms with Gasteiger partial charge in [-0.2, -0.15) is 0 Å². The summed E-state index contributed by atoms with van der Waals surface area (Å²) in [6, 6.07) is 0. The van der Waals surface area contributed by atoms with Crippen molar-refractivity contribution in [3.05, 3.63) is 0 Å². The van der Waals surface area contributed by atoms with E-state index in [0.717, 1.165) is 5.92 Å². The maximum atomic E-state index is 10.7. The van der Waals surface area contributed by atoms with Crippen molar-refractivity contribution in [1.82, 2.24) is 10.6 Å². The molecule has 0 saturated carbocycles. The van der Waals surface area contributed by atoms with E-state index in [1.165, 1.54) is 7.05 Å². The molecule has 0 radical (unpaired) electrons. The number of carboxylic acids is 1. The molecular formula is C11H22N2O4. The number of rotatable bonds is 4. The lowest BCUT2D eigenvalue weighted by Gasteiger charge is -2.01. The van der Waals surface area contributed by atoms with Gasteiger partial charge in [-0.1, -0.05) is 20.8 Å². The van der Waals surface area contributed by atoms with Gasteiger partial charge >= 0.3 is 17.8 Å². The first-order valence-corrected chi connectivity index (χ1v) is 5.53. The molecule has 0 heterocycles. The van der Waals surface area contributed by atoms with Gasteiger partial charge in [0.2, 0.25) is 0 Å². The largest absolute Gasteiger partial charge is 0.481 e. The summed E-state index contributed by atoms with van der Waals surface area (Å²) in [5.41, 5.74) is 0. The van der Waals surface area contributed by atoms with Gasteiger partial charge in [0.05, 0.1) is 0 Å². The molecule has 0 unspecified atom stereocenters. The Kier molecular flexibility index (Phi) is 11.4. The van der Waals surface area contributed by atoms with Crippen LogP contribution >= 0.6 is 0 Å². The Hall–Kier alpha value is -1.59. The Morgan fingerprint density at radius 2 is 1.59 bits per heavy atom. The van der Waals surface area contributed by atoms with Crippen molar-refractivity contribution in [3.63, 3.8) is 0 Å². The van der Waals surface area contributed by atoms with Crippen LogP contribution in [0.2, 0.25) is 0 Å². The van der Waals surface area contributed by atoms with Crippen molar-refractivity contribution in [2.45, 2.75) is 33.6 Å². The molecule has 0 aromatic heterocycles. The molecule has 0 aliphatic rings. The first kappa shape index (κ1) is 17.8. The van der Waals surface area contributed by atoms with E-state index in [1.54, 1.807) is 0 Å². The second-order valence-electron chi connectivity index (χ2n) is 4.06. The van der Waals surface area contributed by atoms with Crippen LogP contribution in [-0.2, 0) is 14.4 Å². The van der Waals surface area contributed by atoms with Crippen LogP contribution in [0.1, 0.15) is 33.6 Å². The summed E-state index contributed by atoms with van der Waals surface area (Å²) < 4.78 is 0. The van der Waals surface area contributed by atoms with Crippen molar-refractivity contribution in [1.29, 1.82) is 0 Å². The van der Waals surface area contributed by atoms with E-state index in [2.05, 4.69) is 31.4 Å². The molecule has 0 aromatic rings. The lowest BCUT2D eigenvalue weighted by Crippen LogP contribution is -2.38. The van der Waals surface area contributed by atoms with Crippen LogP contribution in [0, 0.1) is 5.92 Å². The summed E-state index contributed by atoms with van der Waals surface area (Å²) in [6.07, 6.45) is 0.298. The van der Waals surface area contributed by atoms with Crippen LogP contribution in [-0.4, -0.2) is 36.5 Å². The summed E-state index contributed by atoms with van der Waals surface area (Å²) in [5.74, 6) is -1.56. The summed E-state index contributed by atoms with van der Waals surface area (Å²) in [4.78, 5) is 31.4. The number of carbonyl (C=O) groups is 3. The first-order chi connectivity index (χ1) is 7.81. The summed E-state index contributed by atoms with van der Waals surface area (Å²) >= 11 is 0. The maximum absolute atomic E-state index is 10.7. The molecule has 6 nitrogen and oxygen atoms in total. The minimum absolute atomic E-state index is 0.0198. The molecule has 0 aromatic carbocycles. The van der Waals surface area contributed by atoms with Gasteiger partial charge in [0.1, 0.15) is 0 Å². The fourth-order valence-electron chi connectivity index (χ4n) is 0.635. The van der Waals surface area contributed by atoms with Gasteiger partial charge in [-0.25, -0.2) is 0 Å². The van der Waals surface area contributed by atoms with E-state index >= 15 is 0 Å². The molecule has 100 valence electrons. The standard InChI is InChI=1S/C7H12N2O4.C4H10/c1-8-6(12)7(13)9-4-2-3-5(10)11;1-4(2)3/h2-4H2,1H3,(H,8,12)(H,9,13)(H,10,11);4H,1-3H3. The highest BCUT2D eigenvalue weighted by Crippen LogP contribution is 1.85. The van der Waals surface area contributed by atoms with Crippen molar-refractivity contribution in [2.24, 2.45) is 5.92 Å². The van der Waals surface area contributed by atoms with E-state index in [1.807, 2.05) is 0 Å². The zero-order valence-corrected chi connectivity index (χ0v) is 10.9. The molecule has 0 atom stereocenters. The molecule has 0 aliphatic heterocycles. The number of amides is 2. The summed E-state index contributed by atoms with van der Waals surface area (Å²) in [5, 5.41) is 12.7. The zero-order valence-electron chi connectivity index (χ0n) is 10.9. The SMILES string of the molecule is CC(C)C.CNC(=O)C(=O)NCCCC(=O)O. The molecule has 3 N–H and O–H groups in total. The second-order valence-corrected chi connectivity index (χ2v) is 4.06. The van der Waals surface area contributed by atoms with Crippen LogP contribution in [0.25, 0.3) is 0 Å². The molecule has 0 saturated heterocycles. The monoisotopic (exact) mass is 246 g/mol. The van der Waals surface area contributed by atoms with Crippen LogP contribution in [0.5, 0.6) is 0 Å². The van der Waals surface area contributed by atoms with Gasteiger partial charge in [-0.15, -0.1) is 0 Å². The minimum atomic E-state index is -0.922. The van der Waals surface area contributed by atoms with Crippen molar-refractivity contribution < 1.29 is 19.5 Å². The highest BCUT2D eigenvalue weighted by molar-refractivity contribution is 6.34. The number of carboxylic acid groups (broad SMARTS) is 1. The van der Waals surface area contributed by atoms with E-state index in [0.29, 0.717) is 6.42 Å². The van der Waals surface area contributed by atoms with E-state index in [9.17, 15) is 14.4 Å². The highest BCUT2D eigenvalue weighted by atomic mass is 16.4. The third-order valence-corrected chi connectivity index (χ3v) is 1.29. The Balaban J connectivity index is 0. The lowest BCUT2D eigenvalue weighted by atomic mass is 10.3. The zero-order chi connectivity index (χ0) is 13.8. The Morgan fingerprint density at radius 1 is 1.12 bits per heavy atom. The average Bonchev–Trinajstić information content (AvgIpc) is 2.21. The molecule has 0 spiro atoms. The molecule has 0 fully saturated rings. The van der Waals surface area contributed by atoms with Gasteiger partial charge in [0.25, 0.3) is 0 Å². The Morgan fingerprint density at radius 3 is 1.94 bits per heavy atom. The van der Waals surface area contributed by atoms with Gasteiger partial charge < -0.3 is 15.7 Å². The number of hydrogen-bond donors (Lipinski definition) is 3. The molecule has 0 aliphatic carbocycles. The van der Waals surface area contributed by atoms with Crippen LogP contribution in [0.4, 0.5) is 0 Å². The van der Waals surface area contributed by atoms with Gasteiger partial charge in [0.15, 0.2) is 0 Å². The Bertz CT molecular complexity index is 249. The molecular weight excluding hydrogens is 224 g/mol. The van der Waals surface area contributed by atoms with Gasteiger partial charge in [0, 0.05) is 20.0 Å². The smallest absolute Gasteiger partial charge is 0.309 e. The highest BCUT2D eigenvalue weighted by Gasteiger charge is 2.09. The second kappa shape index (κ2) is 10.9. The van der Waals surface area contributed by atoms with Crippen LogP contribution in [0.3, 0.4) is 0 Å². The van der Waals surface area contributed by atoms with E-state index in [4.69, 9.17) is 5.11 Å². The van der Waals surface area contributed by atoms with Crippen LogP contribution < -0.4 is 10.6 Å². The maximum Gasteiger partial charge on any atom is 0.309 e. The van der Waals surface area contributed by atoms with Crippen molar-refractivity contribution in [3.8, 4) is 0 Å². The van der Waals surface area contributed by atoms with Crippen molar-refractivity contribution in [2.75, 3.05) is 13.6 Å². The summed E-state index contributed by atoms with van der Waals surface area (Å²) in [6.45, 7) is 6.69. The minimum Gasteiger partial charge on any atom is -0.481 e. The normalized spacial score (nSPS) is 9.00. The van der Waals surface area contributed by atoms with E-state index in [-0.39, 0.29) is 13.0 Å². The number of aliphatic carboxylic acids is 1. The summed E-state index contributed by atoms with van der Waals surface area (Å²) in [7, 11) is 1.35. The van der Waals surface area contributed by atoms with Gasteiger partial charge in [-0.3, -0.25) is 14.4 Å². The third kappa shape index (κ3) is 17.0. The van der Waals surface area contributed by atoms with Crippen LogP contribution in [0.15, 0.2) is 0 Å². The number of carbonyl (C=O) groups excluding carboxylic acids is 2. The topological polar surface area (TPSA) is 95.5 Å². The third-order valence-electron chi connectivity index (χ3n) is 1.29. The fourth-order valence-corrected chi connectivity index (χ4v) is 0.635. The Labute approximate surface area is 102 Å². The molecule has 17 heavy (non-hydrogen) atoms. The predicted octanol–water partition coefficient (Wildman–Crippen LogP) is 0.376. The molecule has 6 heteroatoms. The first-order valence-electron chi connectivity index (χ1n) is 5.53. The molecule has 0 rings (SSSR count). The number of nitrogens with one attached hydrogen (secondary N) is 2.